The van der Waals surface area contributed by atoms with Gasteiger partial charge in [0.2, 0.25) is 0 Å². The molecule has 0 aromatic heterocycles. The zero-order valence-electron chi connectivity index (χ0n) is 32.6. The molecule has 8 heteroatoms. The van der Waals surface area contributed by atoms with Crippen molar-refractivity contribution >= 4 is 22.1 Å². The van der Waals surface area contributed by atoms with Crippen LogP contribution >= 0.6 is 0 Å². The standard InChI is InChI=1S/C48H49NO6Si/c1-47(2,3)43-44(49(51)52)41(35-23-11-6-12-24-35)40(33-21-4-5-22-34-53-56)42(46(50)54-39-31-19-10-20-32-39)45(43)55-48(36-25-13-7-14-26-36,37-27-15-8-16-28-37)38-29-17-9-18-30-38/h6-20,23-32H,4-5,21-22,33-34H2,1-3,56H3. The highest BCUT2D eigenvalue weighted by molar-refractivity contribution is 6.01. The topological polar surface area (TPSA) is 87.9 Å². The van der Waals surface area contributed by atoms with Gasteiger partial charge in [0.1, 0.15) is 27.5 Å². The normalized spacial score (nSPS) is 11.6. The van der Waals surface area contributed by atoms with Crippen LogP contribution in [0.4, 0.5) is 5.69 Å². The summed E-state index contributed by atoms with van der Waals surface area (Å²) in [5, 5.41) is 13.8. The zero-order valence-corrected chi connectivity index (χ0v) is 34.6. The molecule has 7 nitrogen and oxygen atoms in total. The van der Waals surface area contributed by atoms with Crippen LogP contribution in [0.3, 0.4) is 0 Å². The molecule has 0 saturated heterocycles. The first-order valence-corrected chi connectivity index (χ1v) is 20.0. The highest BCUT2D eigenvalue weighted by Gasteiger charge is 2.46. The van der Waals surface area contributed by atoms with Gasteiger partial charge in [-0.25, -0.2) is 4.79 Å². The van der Waals surface area contributed by atoms with E-state index >= 15 is 4.79 Å². The van der Waals surface area contributed by atoms with Crippen LogP contribution in [0.2, 0.25) is 0 Å². The molecule has 0 heterocycles. The number of ether oxygens (including phenoxy) is 2. The molecule has 0 aliphatic heterocycles. The number of para-hydroxylation sites is 1. The number of benzene rings is 6. The fourth-order valence-corrected chi connectivity index (χ4v) is 7.81. The lowest BCUT2D eigenvalue weighted by Crippen LogP contribution is -2.38. The van der Waals surface area contributed by atoms with E-state index in [2.05, 4.69) is 0 Å². The highest BCUT2D eigenvalue weighted by Crippen LogP contribution is 2.53. The second-order valence-corrected chi connectivity index (χ2v) is 15.5. The maximum Gasteiger partial charge on any atom is 0.347 e. The second kappa shape index (κ2) is 18.2. The number of nitro groups is 1. The maximum absolute atomic E-state index is 15.2. The largest absolute Gasteiger partial charge is 0.472 e. The van der Waals surface area contributed by atoms with Crippen molar-refractivity contribution in [2.75, 3.05) is 6.61 Å². The molecule has 0 aliphatic carbocycles. The van der Waals surface area contributed by atoms with E-state index in [0.29, 0.717) is 57.9 Å². The van der Waals surface area contributed by atoms with Gasteiger partial charge in [0, 0.05) is 23.3 Å². The van der Waals surface area contributed by atoms with Crippen molar-refractivity contribution in [3.8, 4) is 22.6 Å². The highest BCUT2D eigenvalue weighted by atomic mass is 28.2. The van der Waals surface area contributed by atoms with Crippen LogP contribution in [0.25, 0.3) is 11.1 Å². The van der Waals surface area contributed by atoms with Crippen LogP contribution < -0.4 is 9.47 Å². The van der Waals surface area contributed by atoms with E-state index in [-0.39, 0.29) is 21.9 Å². The van der Waals surface area contributed by atoms with Gasteiger partial charge >= 0.3 is 5.97 Å². The number of esters is 1. The minimum absolute atomic E-state index is 0.0858. The third kappa shape index (κ3) is 8.67. The Kier molecular flexibility index (Phi) is 13.0. The van der Waals surface area contributed by atoms with Gasteiger partial charge in [-0.05, 0) is 47.9 Å². The summed E-state index contributed by atoms with van der Waals surface area (Å²) in [6.07, 6.45) is 3.75. The summed E-state index contributed by atoms with van der Waals surface area (Å²) in [5.74, 6) is -0.165. The predicted octanol–water partition coefficient (Wildman–Crippen LogP) is 10.5. The SMILES string of the molecule is CC(C)(C)c1c(OC(c2ccccc2)(c2ccccc2)c2ccccc2)c(C(=O)Oc2ccccc2)c(CCCCCCO[SiH3])c(-c2ccccc2)c1[N+](=O)[O-]. The Bertz CT molecular complexity index is 2110. The summed E-state index contributed by atoms with van der Waals surface area (Å²) in [7, 11) is 0.688. The predicted molar refractivity (Wildman–Crippen MR) is 227 cm³/mol. The number of nitrogens with zero attached hydrogens (tertiary/aromatic N) is 1. The van der Waals surface area contributed by atoms with Gasteiger partial charge < -0.3 is 13.9 Å². The fourth-order valence-electron chi connectivity index (χ4n) is 7.52. The molecule has 0 fully saturated rings. The minimum Gasteiger partial charge on any atom is -0.472 e. The average Bonchev–Trinajstić information content (AvgIpc) is 3.22. The molecule has 0 N–H and O–H groups in total. The number of rotatable bonds is 16. The lowest BCUT2D eigenvalue weighted by molar-refractivity contribution is -0.385. The molecule has 6 aromatic carbocycles. The molecular formula is C48H49NO6Si. The van der Waals surface area contributed by atoms with E-state index in [1.165, 1.54) is 0 Å². The number of nitro benzene ring substituents is 1. The van der Waals surface area contributed by atoms with Crippen molar-refractivity contribution in [2.24, 2.45) is 0 Å². The van der Waals surface area contributed by atoms with Gasteiger partial charge in [-0.2, -0.15) is 0 Å². The molecular weight excluding hydrogens is 715 g/mol. The quantitative estimate of drug-likeness (QED) is 0.0186. The van der Waals surface area contributed by atoms with Crippen LogP contribution in [-0.4, -0.2) is 28.0 Å². The molecule has 286 valence electrons. The van der Waals surface area contributed by atoms with Crippen LogP contribution in [0.15, 0.2) is 152 Å². The van der Waals surface area contributed by atoms with Crippen LogP contribution in [0, 0.1) is 10.1 Å². The minimum atomic E-state index is -1.35. The molecule has 0 unspecified atom stereocenters. The van der Waals surface area contributed by atoms with Gasteiger partial charge in [-0.3, -0.25) is 10.1 Å². The zero-order chi connectivity index (χ0) is 39.5. The lowest BCUT2D eigenvalue weighted by Gasteiger charge is -2.39. The van der Waals surface area contributed by atoms with Crippen LogP contribution in [0.1, 0.15) is 84.6 Å². The second-order valence-electron chi connectivity index (χ2n) is 14.9. The van der Waals surface area contributed by atoms with Gasteiger partial charge in [-0.15, -0.1) is 0 Å². The van der Waals surface area contributed by atoms with Gasteiger partial charge in [0.15, 0.2) is 5.60 Å². The Hall–Kier alpha value is -5.83. The monoisotopic (exact) mass is 763 g/mol. The first kappa shape index (κ1) is 39.8. The molecule has 6 aromatic rings. The summed E-state index contributed by atoms with van der Waals surface area (Å²) >= 11 is 0. The summed E-state index contributed by atoms with van der Waals surface area (Å²) in [5.41, 5.74) is 2.10. The summed E-state index contributed by atoms with van der Waals surface area (Å²) in [6.45, 7) is 6.49. The van der Waals surface area contributed by atoms with Crippen LogP contribution in [0.5, 0.6) is 11.5 Å². The molecule has 0 atom stereocenters. The molecule has 6 rings (SSSR count). The molecule has 0 radical (unpaired) electrons. The van der Waals surface area contributed by atoms with Gasteiger partial charge in [0.05, 0.1) is 16.1 Å². The molecule has 0 amide bonds. The number of hydrogen-bond acceptors (Lipinski definition) is 6. The average molecular weight is 764 g/mol. The molecule has 0 aliphatic rings. The Morgan fingerprint density at radius 1 is 0.661 bits per heavy atom. The number of hydrogen-bond donors (Lipinski definition) is 0. The van der Waals surface area contributed by atoms with Gasteiger partial charge in [-0.1, -0.05) is 173 Å². The Labute approximate surface area is 333 Å². The van der Waals surface area contributed by atoms with Crippen molar-refractivity contribution < 1.29 is 23.6 Å². The number of carbonyl (C=O) groups excluding carboxylic acids is 1. The fraction of sp³-hybridized carbons (Fsp3) is 0.229. The van der Waals surface area contributed by atoms with E-state index in [1.54, 1.807) is 24.3 Å². The first-order chi connectivity index (χ1) is 27.2. The summed E-state index contributed by atoms with van der Waals surface area (Å²) < 4.78 is 19.3. The molecule has 56 heavy (non-hydrogen) atoms. The van der Waals surface area contributed by atoms with Crippen molar-refractivity contribution in [2.45, 2.75) is 63.9 Å². The van der Waals surface area contributed by atoms with E-state index in [9.17, 15) is 10.1 Å². The molecule has 0 saturated carbocycles. The van der Waals surface area contributed by atoms with E-state index in [4.69, 9.17) is 13.9 Å². The Balaban J connectivity index is 1.77. The number of carbonyl (C=O) groups is 1. The van der Waals surface area contributed by atoms with Crippen molar-refractivity contribution in [1.29, 1.82) is 0 Å². The lowest BCUT2D eigenvalue weighted by atomic mass is 9.76. The van der Waals surface area contributed by atoms with E-state index < -0.39 is 17.0 Å². The third-order valence-corrected chi connectivity index (χ3v) is 10.4. The smallest absolute Gasteiger partial charge is 0.347 e. The van der Waals surface area contributed by atoms with E-state index in [1.807, 2.05) is 148 Å². The summed E-state index contributed by atoms with van der Waals surface area (Å²) in [6, 6.07) is 47.8. The van der Waals surface area contributed by atoms with Gasteiger partial charge in [0.25, 0.3) is 5.69 Å². The Morgan fingerprint density at radius 2 is 1.12 bits per heavy atom. The maximum atomic E-state index is 15.2. The van der Waals surface area contributed by atoms with Crippen molar-refractivity contribution in [1.82, 2.24) is 0 Å². The van der Waals surface area contributed by atoms with Crippen LogP contribution in [-0.2, 0) is 21.9 Å². The summed E-state index contributed by atoms with van der Waals surface area (Å²) in [4.78, 5) is 28.7. The Morgan fingerprint density at radius 3 is 1.59 bits per heavy atom. The molecule has 0 bridgehead atoms. The number of unbranched alkanes of at least 4 members (excludes halogenated alkanes) is 3. The van der Waals surface area contributed by atoms with Crippen molar-refractivity contribution in [3.05, 3.63) is 195 Å². The van der Waals surface area contributed by atoms with Crippen molar-refractivity contribution in [3.63, 3.8) is 0 Å². The first-order valence-electron chi connectivity index (χ1n) is 19.2. The third-order valence-electron chi connectivity index (χ3n) is 10.0. The molecule has 0 spiro atoms. The van der Waals surface area contributed by atoms with E-state index in [0.717, 1.165) is 36.0 Å².